The van der Waals surface area contributed by atoms with E-state index in [0.29, 0.717) is 18.7 Å². The molecule has 0 aliphatic rings. The van der Waals surface area contributed by atoms with Crippen LogP contribution >= 0.6 is 0 Å². The van der Waals surface area contributed by atoms with Crippen LogP contribution in [-0.2, 0) is 11.3 Å². The minimum Gasteiger partial charge on any atom is -0.494 e. The van der Waals surface area contributed by atoms with Gasteiger partial charge in [0.1, 0.15) is 5.75 Å². The molecule has 1 amide bonds. The lowest BCUT2D eigenvalue weighted by Gasteiger charge is -2.18. The quantitative estimate of drug-likeness (QED) is 0.578. The first kappa shape index (κ1) is 19.4. The summed E-state index contributed by atoms with van der Waals surface area (Å²) in [5.74, 6) is 0.0922. The van der Waals surface area contributed by atoms with Crippen molar-refractivity contribution in [2.75, 3.05) is 26.0 Å². The van der Waals surface area contributed by atoms with Crippen molar-refractivity contribution < 1.29 is 14.5 Å². The Morgan fingerprint density at radius 1 is 1.27 bits per heavy atom. The lowest BCUT2D eigenvalue weighted by molar-refractivity contribution is -0.384. The molecule has 0 spiro atoms. The largest absolute Gasteiger partial charge is 0.494 e. The van der Waals surface area contributed by atoms with Crippen LogP contribution in [0.3, 0.4) is 0 Å². The van der Waals surface area contributed by atoms with E-state index in [1.54, 1.807) is 0 Å². The van der Waals surface area contributed by atoms with Gasteiger partial charge in [0.25, 0.3) is 5.69 Å². The standard InChI is InChI=1S/C19H23N3O4/c1-14-6-4-5-7-15(14)13-21(2)11-10-19(23)20-17-9-8-16(22(24)25)12-18(17)26-3/h4-9,12H,10-11,13H2,1-3H3,(H,20,23). The van der Waals surface area contributed by atoms with Gasteiger partial charge in [-0.25, -0.2) is 0 Å². The second-order valence-corrected chi connectivity index (χ2v) is 6.10. The first-order valence-electron chi connectivity index (χ1n) is 8.26. The van der Waals surface area contributed by atoms with E-state index in [1.165, 1.54) is 36.4 Å². The van der Waals surface area contributed by atoms with Gasteiger partial charge in [0, 0.05) is 25.6 Å². The Morgan fingerprint density at radius 2 is 2.00 bits per heavy atom. The average molecular weight is 357 g/mol. The van der Waals surface area contributed by atoms with Crippen LogP contribution in [-0.4, -0.2) is 36.4 Å². The minimum atomic E-state index is -0.505. The highest BCUT2D eigenvalue weighted by Gasteiger charge is 2.14. The molecule has 26 heavy (non-hydrogen) atoms. The molecule has 0 radical (unpaired) electrons. The molecule has 7 nitrogen and oxygen atoms in total. The SMILES string of the molecule is COc1cc([N+](=O)[O-])ccc1NC(=O)CCN(C)Cc1ccccc1C. The van der Waals surface area contributed by atoms with Crippen LogP contribution in [0.15, 0.2) is 42.5 Å². The second-order valence-electron chi connectivity index (χ2n) is 6.10. The number of carbonyl (C=O) groups is 1. The molecule has 0 saturated carbocycles. The lowest BCUT2D eigenvalue weighted by Crippen LogP contribution is -2.24. The molecule has 0 saturated heterocycles. The molecule has 1 N–H and O–H groups in total. The smallest absolute Gasteiger partial charge is 0.273 e. The van der Waals surface area contributed by atoms with Crippen LogP contribution in [0.4, 0.5) is 11.4 Å². The van der Waals surface area contributed by atoms with E-state index < -0.39 is 4.92 Å². The number of nitro groups is 1. The van der Waals surface area contributed by atoms with E-state index in [0.717, 1.165) is 6.54 Å². The van der Waals surface area contributed by atoms with E-state index in [9.17, 15) is 14.9 Å². The summed E-state index contributed by atoms with van der Waals surface area (Å²) in [6, 6.07) is 12.3. The van der Waals surface area contributed by atoms with Gasteiger partial charge in [-0.2, -0.15) is 0 Å². The van der Waals surface area contributed by atoms with E-state index >= 15 is 0 Å². The van der Waals surface area contributed by atoms with Gasteiger partial charge in [-0.3, -0.25) is 14.9 Å². The van der Waals surface area contributed by atoms with Crippen molar-refractivity contribution in [3.63, 3.8) is 0 Å². The minimum absolute atomic E-state index is 0.0854. The van der Waals surface area contributed by atoms with E-state index in [4.69, 9.17) is 4.74 Å². The molecule has 138 valence electrons. The van der Waals surface area contributed by atoms with Crippen LogP contribution in [0.2, 0.25) is 0 Å². The first-order chi connectivity index (χ1) is 12.4. The average Bonchev–Trinajstić information content (AvgIpc) is 2.62. The molecule has 0 bridgehead atoms. The number of hydrogen-bond donors (Lipinski definition) is 1. The molecule has 2 aromatic rings. The zero-order valence-corrected chi connectivity index (χ0v) is 15.2. The van der Waals surface area contributed by atoms with Crippen molar-refractivity contribution in [3.05, 3.63) is 63.7 Å². The monoisotopic (exact) mass is 357 g/mol. The number of aryl methyl sites for hydroxylation is 1. The Morgan fingerprint density at radius 3 is 2.65 bits per heavy atom. The number of benzene rings is 2. The highest BCUT2D eigenvalue weighted by molar-refractivity contribution is 5.92. The van der Waals surface area contributed by atoms with Crippen molar-refractivity contribution >= 4 is 17.3 Å². The maximum Gasteiger partial charge on any atom is 0.273 e. The van der Waals surface area contributed by atoms with Crippen LogP contribution in [0.5, 0.6) is 5.75 Å². The molecule has 0 atom stereocenters. The summed E-state index contributed by atoms with van der Waals surface area (Å²) >= 11 is 0. The summed E-state index contributed by atoms with van der Waals surface area (Å²) in [5, 5.41) is 13.6. The number of amides is 1. The molecule has 7 heteroatoms. The molecular formula is C19H23N3O4. The third-order valence-electron chi connectivity index (χ3n) is 4.09. The van der Waals surface area contributed by atoms with Gasteiger partial charge in [0.05, 0.1) is 23.8 Å². The number of rotatable bonds is 8. The van der Waals surface area contributed by atoms with Gasteiger partial charge in [-0.05, 0) is 31.2 Å². The van der Waals surface area contributed by atoms with Crippen LogP contribution in [0.1, 0.15) is 17.5 Å². The molecule has 0 heterocycles. The van der Waals surface area contributed by atoms with E-state index in [1.807, 2.05) is 19.2 Å². The van der Waals surface area contributed by atoms with Crippen molar-refractivity contribution in [1.29, 1.82) is 0 Å². The summed E-state index contributed by atoms with van der Waals surface area (Å²) in [6.45, 7) is 3.42. The molecule has 0 unspecified atom stereocenters. The Bertz CT molecular complexity index is 792. The molecule has 0 aliphatic heterocycles. The zero-order chi connectivity index (χ0) is 19.1. The van der Waals surface area contributed by atoms with Crippen molar-refractivity contribution in [1.82, 2.24) is 4.90 Å². The Balaban J connectivity index is 1.90. The first-order valence-corrected chi connectivity index (χ1v) is 8.26. The maximum atomic E-state index is 12.2. The number of nitro benzene ring substituents is 1. The van der Waals surface area contributed by atoms with Gasteiger partial charge < -0.3 is 15.0 Å². The maximum absolute atomic E-state index is 12.2. The molecule has 2 aromatic carbocycles. The van der Waals surface area contributed by atoms with Crippen LogP contribution in [0.25, 0.3) is 0 Å². The number of carbonyl (C=O) groups excluding carboxylic acids is 1. The molecular weight excluding hydrogens is 334 g/mol. The summed E-state index contributed by atoms with van der Waals surface area (Å²) < 4.78 is 5.13. The molecule has 0 aromatic heterocycles. The topological polar surface area (TPSA) is 84.7 Å². The second kappa shape index (κ2) is 8.96. The molecule has 0 fully saturated rings. The number of hydrogen-bond acceptors (Lipinski definition) is 5. The molecule has 2 rings (SSSR count). The van der Waals surface area contributed by atoms with Crippen LogP contribution < -0.4 is 10.1 Å². The normalized spacial score (nSPS) is 10.6. The van der Waals surface area contributed by atoms with Gasteiger partial charge in [-0.15, -0.1) is 0 Å². The third kappa shape index (κ3) is 5.29. The highest BCUT2D eigenvalue weighted by Crippen LogP contribution is 2.29. The Hall–Kier alpha value is -2.93. The number of non-ortho nitro benzene ring substituents is 1. The van der Waals surface area contributed by atoms with Gasteiger partial charge in [0.2, 0.25) is 5.91 Å². The fourth-order valence-electron chi connectivity index (χ4n) is 2.56. The van der Waals surface area contributed by atoms with Gasteiger partial charge >= 0.3 is 0 Å². The fraction of sp³-hybridized carbons (Fsp3) is 0.316. The lowest BCUT2D eigenvalue weighted by atomic mass is 10.1. The van der Waals surface area contributed by atoms with Crippen LogP contribution in [0, 0.1) is 17.0 Å². The number of nitrogens with zero attached hydrogens (tertiary/aromatic N) is 2. The number of nitrogens with one attached hydrogen (secondary N) is 1. The Kier molecular flexibility index (Phi) is 6.68. The van der Waals surface area contributed by atoms with E-state index in [2.05, 4.69) is 29.3 Å². The highest BCUT2D eigenvalue weighted by atomic mass is 16.6. The van der Waals surface area contributed by atoms with Crippen molar-refractivity contribution in [2.45, 2.75) is 19.9 Å². The molecule has 0 aliphatic carbocycles. The number of anilines is 1. The van der Waals surface area contributed by atoms with Gasteiger partial charge in [0.15, 0.2) is 0 Å². The van der Waals surface area contributed by atoms with Gasteiger partial charge in [-0.1, -0.05) is 24.3 Å². The Labute approximate surface area is 152 Å². The summed E-state index contributed by atoms with van der Waals surface area (Å²) in [4.78, 5) is 24.6. The number of ether oxygens (including phenoxy) is 1. The van der Waals surface area contributed by atoms with Crippen molar-refractivity contribution in [2.24, 2.45) is 0 Å². The third-order valence-corrected chi connectivity index (χ3v) is 4.09. The zero-order valence-electron chi connectivity index (χ0n) is 15.2. The predicted octanol–water partition coefficient (Wildman–Crippen LogP) is 3.37. The number of methoxy groups -OCH3 is 1. The summed E-state index contributed by atoms with van der Waals surface area (Å²) in [7, 11) is 3.37. The predicted molar refractivity (Wildman–Crippen MR) is 100 cm³/mol. The summed E-state index contributed by atoms with van der Waals surface area (Å²) in [5.41, 5.74) is 2.79. The summed E-state index contributed by atoms with van der Waals surface area (Å²) in [6.07, 6.45) is 0.308. The fourth-order valence-corrected chi connectivity index (χ4v) is 2.56. The van der Waals surface area contributed by atoms with E-state index in [-0.39, 0.29) is 17.3 Å². The van der Waals surface area contributed by atoms with Crippen molar-refractivity contribution in [3.8, 4) is 5.75 Å².